The second-order valence-corrected chi connectivity index (χ2v) is 11.0. The van der Waals surface area contributed by atoms with E-state index < -0.39 is 0 Å². The number of rotatable bonds is 5. The number of fused-ring (bicyclic) bond motifs is 1. The third-order valence-corrected chi connectivity index (χ3v) is 8.02. The smallest absolute Gasteiger partial charge is 0.257 e. The summed E-state index contributed by atoms with van der Waals surface area (Å²) in [6.07, 6.45) is 3.12. The molecule has 0 unspecified atom stereocenters. The third kappa shape index (κ3) is 7.07. The van der Waals surface area contributed by atoms with Gasteiger partial charge in [-0.25, -0.2) is 4.98 Å². The predicted molar refractivity (Wildman–Crippen MR) is 143 cm³/mol. The number of benzene rings is 1. The Hall–Kier alpha value is -2.53. The van der Waals surface area contributed by atoms with E-state index in [0.717, 1.165) is 11.6 Å². The van der Waals surface area contributed by atoms with E-state index in [2.05, 4.69) is 29.0 Å². The van der Waals surface area contributed by atoms with Gasteiger partial charge in [0.2, 0.25) is 5.91 Å². The number of anilines is 1. The van der Waals surface area contributed by atoms with E-state index in [9.17, 15) is 9.59 Å². The first-order valence-electron chi connectivity index (χ1n) is 12.9. The first-order valence-corrected chi connectivity index (χ1v) is 13.8. The second-order valence-electron chi connectivity index (χ2n) is 10.0. The largest absolute Gasteiger partial charge is 0.491 e. The maximum absolute atomic E-state index is 13.4. The fourth-order valence-electron chi connectivity index (χ4n) is 4.85. The third-order valence-electron chi connectivity index (χ3n) is 7.26. The Morgan fingerprint density at radius 2 is 2.03 bits per heavy atom. The average molecular weight is 531 g/mol. The molecule has 2 amide bonds. The van der Waals surface area contributed by atoms with Crippen LogP contribution in [0.25, 0.3) is 0 Å². The van der Waals surface area contributed by atoms with Gasteiger partial charge in [-0.05, 0) is 37.8 Å². The zero-order valence-electron chi connectivity index (χ0n) is 22.1. The van der Waals surface area contributed by atoms with Gasteiger partial charge >= 0.3 is 0 Å². The van der Waals surface area contributed by atoms with Gasteiger partial charge in [0.25, 0.3) is 5.91 Å². The van der Waals surface area contributed by atoms with Crippen molar-refractivity contribution in [2.24, 2.45) is 11.8 Å². The lowest BCUT2D eigenvalue weighted by Gasteiger charge is -2.35. The van der Waals surface area contributed by atoms with Crippen LogP contribution in [-0.2, 0) is 20.8 Å². The molecule has 2 aliphatic heterocycles. The van der Waals surface area contributed by atoms with Crippen LogP contribution in [-0.4, -0.2) is 85.8 Å². The monoisotopic (exact) mass is 530 g/mol. The van der Waals surface area contributed by atoms with Crippen molar-refractivity contribution in [3.8, 4) is 5.75 Å². The van der Waals surface area contributed by atoms with Crippen molar-refractivity contribution in [1.29, 1.82) is 0 Å². The van der Waals surface area contributed by atoms with Gasteiger partial charge in [-0.15, -0.1) is 11.3 Å². The maximum Gasteiger partial charge on any atom is 0.257 e. The van der Waals surface area contributed by atoms with Gasteiger partial charge in [0.05, 0.1) is 18.2 Å². The molecule has 2 aromatic rings. The van der Waals surface area contributed by atoms with E-state index in [4.69, 9.17) is 14.2 Å². The Morgan fingerprint density at radius 1 is 1.24 bits per heavy atom. The number of hydrogen-bond acceptors (Lipinski definition) is 8. The molecule has 1 N–H and O–H groups in total. The molecule has 9 nitrogen and oxygen atoms in total. The molecule has 2 aliphatic rings. The van der Waals surface area contributed by atoms with Gasteiger partial charge in [-0.2, -0.15) is 0 Å². The van der Waals surface area contributed by atoms with Crippen molar-refractivity contribution < 1.29 is 23.8 Å². The number of carbonyl (C=O) groups excluding carboxylic acids is 2. The number of amides is 2. The number of likely N-dealkylation sites (N-methyl/N-ethyl adjacent to an activating group) is 1. The van der Waals surface area contributed by atoms with Crippen LogP contribution in [0.4, 0.5) is 5.69 Å². The van der Waals surface area contributed by atoms with Crippen LogP contribution in [0.5, 0.6) is 5.75 Å². The van der Waals surface area contributed by atoms with Crippen molar-refractivity contribution in [2.45, 2.75) is 45.4 Å². The van der Waals surface area contributed by atoms with Crippen LogP contribution >= 0.6 is 11.3 Å². The molecule has 1 fully saturated rings. The Labute approximate surface area is 223 Å². The molecule has 0 saturated carbocycles. The van der Waals surface area contributed by atoms with Crippen LogP contribution in [0, 0.1) is 11.8 Å². The summed E-state index contributed by atoms with van der Waals surface area (Å²) in [5.41, 5.74) is 1.08. The summed E-state index contributed by atoms with van der Waals surface area (Å²) in [5, 5.41) is 6.04. The highest BCUT2D eigenvalue weighted by Gasteiger charge is 2.29. The molecule has 10 heteroatoms. The van der Waals surface area contributed by atoms with Crippen molar-refractivity contribution in [3.63, 3.8) is 0 Å². The minimum absolute atomic E-state index is 0.0280. The van der Waals surface area contributed by atoms with Gasteiger partial charge in [0, 0.05) is 75.8 Å². The highest BCUT2D eigenvalue weighted by Crippen LogP contribution is 2.28. The summed E-state index contributed by atoms with van der Waals surface area (Å²) >= 11 is 1.64. The zero-order chi connectivity index (χ0) is 26.4. The summed E-state index contributed by atoms with van der Waals surface area (Å²) in [7, 11) is 3.48. The van der Waals surface area contributed by atoms with Gasteiger partial charge in [-0.3, -0.25) is 14.5 Å². The van der Waals surface area contributed by atoms with Gasteiger partial charge in [0.1, 0.15) is 17.4 Å². The number of thiazole rings is 1. The van der Waals surface area contributed by atoms with Crippen molar-refractivity contribution in [3.05, 3.63) is 40.3 Å². The minimum atomic E-state index is -0.139. The topological polar surface area (TPSA) is 93.2 Å². The number of ether oxygens (including phenoxy) is 3. The fraction of sp³-hybridized carbons (Fsp3) is 0.593. The molecular formula is C27H38N4O5S. The lowest BCUT2D eigenvalue weighted by Crippen LogP contribution is -2.46. The highest BCUT2D eigenvalue weighted by atomic mass is 32.1. The summed E-state index contributed by atoms with van der Waals surface area (Å²) < 4.78 is 17.5. The molecule has 4 rings (SSSR count). The van der Waals surface area contributed by atoms with E-state index >= 15 is 0 Å². The Kier molecular flexibility index (Phi) is 9.53. The molecule has 1 aromatic heterocycles. The number of methoxy groups -OCH3 is 1. The first-order chi connectivity index (χ1) is 17.9. The van der Waals surface area contributed by atoms with Crippen molar-refractivity contribution >= 4 is 28.8 Å². The summed E-state index contributed by atoms with van der Waals surface area (Å²) in [6, 6.07) is 5.33. The minimum Gasteiger partial charge on any atom is -0.491 e. The SMILES string of the molecule is CO[C@@H]1CN(C)C(=O)c2ccc(NC(=O)C3CCOCC3)cc2OC[C@@H](C)N(Cc2nccs2)C[C@H]1C. The lowest BCUT2D eigenvalue weighted by molar-refractivity contribution is -0.122. The van der Waals surface area contributed by atoms with Gasteiger partial charge in [-0.1, -0.05) is 6.92 Å². The molecule has 3 atom stereocenters. The molecule has 37 heavy (non-hydrogen) atoms. The Morgan fingerprint density at radius 3 is 2.73 bits per heavy atom. The average Bonchev–Trinajstić information content (AvgIpc) is 3.42. The Balaban J connectivity index is 1.59. The standard InChI is InChI=1S/C27H38N4O5S/c1-18-14-31(16-25-28-9-12-37-25)19(2)17-36-23-13-21(29-26(32)20-7-10-35-11-8-20)5-6-22(23)27(33)30(3)15-24(18)34-4/h5-6,9,12-13,18-20,24H,7-8,10-11,14-17H2,1-4H3,(H,29,32)/t18-,19-,24-/m1/s1. The predicted octanol–water partition coefficient (Wildman–Crippen LogP) is 3.51. The summed E-state index contributed by atoms with van der Waals surface area (Å²) in [6.45, 7) is 7.81. The Bertz CT molecular complexity index is 1040. The molecule has 0 spiro atoms. The van der Waals surface area contributed by atoms with Crippen LogP contribution in [0.1, 0.15) is 42.1 Å². The number of carbonyl (C=O) groups is 2. The molecule has 0 radical (unpaired) electrons. The number of aromatic nitrogens is 1. The van der Waals surface area contributed by atoms with Crippen LogP contribution in [0.3, 0.4) is 0 Å². The maximum atomic E-state index is 13.4. The van der Waals surface area contributed by atoms with Crippen LogP contribution in [0.2, 0.25) is 0 Å². The van der Waals surface area contributed by atoms with Crippen LogP contribution in [0.15, 0.2) is 29.8 Å². The number of hydrogen-bond donors (Lipinski definition) is 1. The normalized spacial score (nSPS) is 24.5. The zero-order valence-corrected chi connectivity index (χ0v) is 23.0. The van der Waals surface area contributed by atoms with Crippen molar-refractivity contribution in [2.75, 3.05) is 52.4 Å². The fourth-order valence-corrected chi connectivity index (χ4v) is 5.49. The first kappa shape index (κ1) is 27.5. The molecule has 1 saturated heterocycles. The molecular weight excluding hydrogens is 492 g/mol. The van der Waals surface area contributed by atoms with E-state index in [1.807, 2.05) is 11.6 Å². The van der Waals surface area contributed by atoms with E-state index in [-0.39, 0.29) is 35.8 Å². The second kappa shape index (κ2) is 12.8. The lowest BCUT2D eigenvalue weighted by atomic mass is 9.99. The number of nitrogens with one attached hydrogen (secondary N) is 1. The molecule has 202 valence electrons. The highest BCUT2D eigenvalue weighted by molar-refractivity contribution is 7.09. The molecule has 0 bridgehead atoms. The van der Waals surface area contributed by atoms with E-state index in [1.54, 1.807) is 48.6 Å². The van der Waals surface area contributed by atoms with Crippen molar-refractivity contribution in [1.82, 2.24) is 14.8 Å². The van der Waals surface area contributed by atoms with E-state index in [0.29, 0.717) is 62.8 Å². The molecule has 1 aromatic carbocycles. The quantitative estimate of drug-likeness (QED) is 0.632. The molecule has 0 aliphatic carbocycles. The summed E-state index contributed by atoms with van der Waals surface area (Å²) in [4.78, 5) is 34.7. The van der Waals surface area contributed by atoms with Gasteiger partial charge in [0.15, 0.2) is 0 Å². The summed E-state index contributed by atoms with van der Waals surface area (Å²) in [5.74, 6) is 0.407. The molecule has 3 heterocycles. The van der Waals surface area contributed by atoms with Crippen LogP contribution < -0.4 is 10.1 Å². The van der Waals surface area contributed by atoms with E-state index in [1.165, 1.54) is 0 Å². The number of nitrogens with zero attached hydrogens (tertiary/aromatic N) is 3. The van der Waals surface area contributed by atoms with Gasteiger partial charge < -0.3 is 24.4 Å².